The average molecular weight is 302 g/mol. The lowest BCUT2D eigenvalue weighted by atomic mass is 9.99. The van der Waals surface area contributed by atoms with E-state index in [4.69, 9.17) is 10.5 Å². The quantitative estimate of drug-likeness (QED) is 0.906. The molecule has 2 amide bonds. The third-order valence-corrected chi connectivity index (χ3v) is 3.23. The maximum absolute atomic E-state index is 14.1. The highest BCUT2D eigenvalue weighted by Gasteiger charge is 2.14. The number of carbonyl (C=O) groups is 2. The Kier molecular flexibility index (Phi) is 4.41. The number of primary amides is 1. The van der Waals surface area contributed by atoms with Crippen molar-refractivity contribution in [3.63, 3.8) is 0 Å². The first-order valence-corrected chi connectivity index (χ1v) is 6.47. The second-order valence-corrected chi connectivity index (χ2v) is 4.55. The second kappa shape index (κ2) is 6.26. The summed E-state index contributed by atoms with van der Waals surface area (Å²) in [5, 5.41) is 2.47. The van der Waals surface area contributed by atoms with Crippen LogP contribution in [-0.2, 0) is 0 Å². The fourth-order valence-electron chi connectivity index (χ4n) is 2.10. The number of carbonyl (C=O) groups excluding carboxylic acids is 2. The van der Waals surface area contributed by atoms with Crippen LogP contribution in [0.1, 0.15) is 20.7 Å². The van der Waals surface area contributed by atoms with Crippen LogP contribution in [0.3, 0.4) is 0 Å². The molecule has 22 heavy (non-hydrogen) atoms. The SMILES string of the molecule is CNC(=O)c1ccc(F)c(-c2ccc(OC)c(C(N)=O)c2)c1. The van der Waals surface area contributed by atoms with Crippen molar-refractivity contribution in [3.05, 3.63) is 53.3 Å². The fraction of sp³-hybridized carbons (Fsp3) is 0.125. The molecule has 0 saturated heterocycles. The van der Waals surface area contributed by atoms with Crippen molar-refractivity contribution in [2.45, 2.75) is 0 Å². The molecule has 0 radical (unpaired) electrons. The van der Waals surface area contributed by atoms with Crippen molar-refractivity contribution in [1.82, 2.24) is 5.32 Å². The van der Waals surface area contributed by atoms with Gasteiger partial charge in [-0.05, 0) is 35.9 Å². The van der Waals surface area contributed by atoms with Gasteiger partial charge in [0.2, 0.25) is 0 Å². The molecule has 0 aliphatic heterocycles. The largest absolute Gasteiger partial charge is 0.496 e. The predicted molar refractivity (Wildman–Crippen MR) is 80.3 cm³/mol. The van der Waals surface area contributed by atoms with E-state index in [0.29, 0.717) is 16.9 Å². The third-order valence-electron chi connectivity index (χ3n) is 3.23. The number of rotatable bonds is 4. The minimum absolute atomic E-state index is 0.143. The monoisotopic (exact) mass is 302 g/mol. The van der Waals surface area contributed by atoms with Crippen LogP contribution in [0.5, 0.6) is 5.75 Å². The molecule has 0 fully saturated rings. The van der Waals surface area contributed by atoms with Gasteiger partial charge in [-0.15, -0.1) is 0 Å². The summed E-state index contributed by atoms with van der Waals surface area (Å²) in [4.78, 5) is 23.1. The summed E-state index contributed by atoms with van der Waals surface area (Å²) < 4.78 is 19.1. The zero-order valence-electron chi connectivity index (χ0n) is 12.1. The molecule has 0 heterocycles. The number of benzene rings is 2. The molecule has 2 aromatic rings. The van der Waals surface area contributed by atoms with E-state index in [1.165, 1.54) is 44.5 Å². The number of nitrogens with two attached hydrogens (primary N) is 1. The Balaban J connectivity index is 2.58. The van der Waals surface area contributed by atoms with Crippen molar-refractivity contribution >= 4 is 11.8 Å². The first kappa shape index (κ1) is 15.5. The van der Waals surface area contributed by atoms with Crippen molar-refractivity contribution in [2.24, 2.45) is 5.73 Å². The van der Waals surface area contributed by atoms with Crippen molar-refractivity contribution in [3.8, 4) is 16.9 Å². The number of nitrogens with one attached hydrogen (secondary N) is 1. The molecule has 2 rings (SSSR count). The zero-order valence-corrected chi connectivity index (χ0v) is 12.1. The normalized spacial score (nSPS) is 10.1. The van der Waals surface area contributed by atoms with E-state index in [-0.39, 0.29) is 17.0 Å². The Morgan fingerprint density at radius 3 is 2.50 bits per heavy atom. The number of halogens is 1. The molecule has 2 aromatic carbocycles. The molecule has 0 bridgehead atoms. The highest BCUT2D eigenvalue weighted by molar-refractivity contribution is 5.98. The molecule has 0 atom stereocenters. The maximum atomic E-state index is 14.1. The molecule has 5 nitrogen and oxygen atoms in total. The summed E-state index contributed by atoms with van der Waals surface area (Å²) in [6, 6.07) is 8.57. The van der Waals surface area contributed by atoms with Crippen LogP contribution < -0.4 is 15.8 Å². The molecule has 114 valence electrons. The summed E-state index contributed by atoms with van der Waals surface area (Å²) in [6.45, 7) is 0. The van der Waals surface area contributed by atoms with E-state index >= 15 is 0 Å². The van der Waals surface area contributed by atoms with Crippen LogP contribution in [0.4, 0.5) is 4.39 Å². The van der Waals surface area contributed by atoms with Crippen molar-refractivity contribution in [2.75, 3.05) is 14.2 Å². The van der Waals surface area contributed by atoms with E-state index in [9.17, 15) is 14.0 Å². The van der Waals surface area contributed by atoms with Gasteiger partial charge >= 0.3 is 0 Å². The minimum Gasteiger partial charge on any atom is -0.496 e. The molecule has 0 unspecified atom stereocenters. The van der Waals surface area contributed by atoms with Crippen LogP contribution >= 0.6 is 0 Å². The van der Waals surface area contributed by atoms with Crippen LogP contribution in [0, 0.1) is 5.82 Å². The average Bonchev–Trinajstić information content (AvgIpc) is 2.53. The van der Waals surface area contributed by atoms with Gasteiger partial charge in [0.05, 0.1) is 12.7 Å². The molecular weight excluding hydrogens is 287 g/mol. The number of amides is 2. The van der Waals surface area contributed by atoms with Gasteiger partial charge in [-0.25, -0.2) is 4.39 Å². The van der Waals surface area contributed by atoms with Crippen LogP contribution in [0.25, 0.3) is 11.1 Å². The number of ether oxygens (including phenoxy) is 1. The van der Waals surface area contributed by atoms with Crippen LogP contribution in [-0.4, -0.2) is 26.0 Å². The summed E-state index contributed by atoms with van der Waals surface area (Å²) in [5.74, 6) is -1.21. The fourth-order valence-corrected chi connectivity index (χ4v) is 2.10. The first-order chi connectivity index (χ1) is 10.5. The number of methoxy groups -OCH3 is 1. The van der Waals surface area contributed by atoms with Gasteiger partial charge in [-0.1, -0.05) is 6.07 Å². The lowest BCUT2D eigenvalue weighted by molar-refractivity contribution is 0.0961. The van der Waals surface area contributed by atoms with E-state index < -0.39 is 11.7 Å². The molecule has 6 heteroatoms. The maximum Gasteiger partial charge on any atom is 0.252 e. The standard InChI is InChI=1S/C16H15FN2O3/c1-19-16(21)10-3-5-13(17)11(8-10)9-4-6-14(22-2)12(7-9)15(18)20/h3-8H,1-2H3,(H2,18,20)(H,19,21). The molecule has 0 spiro atoms. The molecule has 3 N–H and O–H groups in total. The Bertz CT molecular complexity index is 744. The topological polar surface area (TPSA) is 81.4 Å². The minimum atomic E-state index is -0.679. The van der Waals surface area contributed by atoms with Crippen LogP contribution in [0.15, 0.2) is 36.4 Å². The molecular formula is C16H15FN2O3. The van der Waals surface area contributed by atoms with Gasteiger partial charge in [-0.2, -0.15) is 0 Å². The third kappa shape index (κ3) is 2.90. The lowest BCUT2D eigenvalue weighted by Gasteiger charge is -2.10. The van der Waals surface area contributed by atoms with Crippen molar-refractivity contribution < 1.29 is 18.7 Å². The van der Waals surface area contributed by atoms with Crippen molar-refractivity contribution in [1.29, 1.82) is 0 Å². The highest BCUT2D eigenvalue weighted by atomic mass is 19.1. The number of hydrogen-bond donors (Lipinski definition) is 2. The number of hydrogen-bond acceptors (Lipinski definition) is 3. The van der Waals surface area contributed by atoms with E-state index in [2.05, 4.69) is 5.32 Å². The van der Waals surface area contributed by atoms with Gasteiger partial charge < -0.3 is 15.8 Å². The molecule has 0 saturated carbocycles. The Morgan fingerprint density at radius 2 is 1.91 bits per heavy atom. The van der Waals surface area contributed by atoms with Gasteiger partial charge in [0.25, 0.3) is 11.8 Å². The molecule has 0 aliphatic carbocycles. The molecule has 0 aliphatic rings. The lowest BCUT2D eigenvalue weighted by Crippen LogP contribution is -2.17. The first-order valence-electron chi connectivity index (χ1n) is 6.47. The van der Waals surface area contributed by atoms with E-state index in [1.54, 1.807) is 6.07 Å². The Morgan fingerprint density at radius 1 is 1.18 bits per heavy atom. The second-order valence-electron chi connectivity index (χ2n) is 4.55. The van der Waals surface area contributed by atoms with E-state index in [0.717, 1.165) is 0 Å². The van der Waals surface area contributed by atoms with Gasteiger partial charge in [0.15, 0.2) is 0 Å². The summed E-state index contributed by atoms with van der Waals surface area (Å²) in [5.41, 5.74) is 6.39. The smallest absolute Gasteiger partial charge is 0.252 e. The Hall–Kier alpha value is -2.89. The van der Waals surface area contributed by atoms with Gasteiger partial charge in [0.1, 0.15) is 11.6 Å². The summed E-state index contributed by atoms with van der Waals surface area (Å²) in [7, 11) is 2.90. The highest BCUT2D eigenvalue weighted by Crippen LogP contribution is 2.29. The van der Waals surface area contributed by atoms with E-state index in [1.807, 2.05) is 0 Å². The Labute approximate surface area is 126 Å². The van der Waals surface area contributed by atoms with Gasteiger partial charge in [0, 0.05) is 18.2 Å². The summed E-state index contributed by atoms with van der Waals surface area (Å²) >= 11 is 0. The summed E-state index contributed by atoms with van der Waals surface area (Å²) in [6.07, 6.45) is 0. The molecule has 0 aromatic heterocycles. The van der Waals surface area contributed by atoms with Crippen LogP contribution in [0.2, 0.25) is 0 Å². The zero-order chi connectivity index (χ0) is 16.3. The van der Waals surface area contributed by atoms with Gasteiger partial charge in [-0.3, -0.25) is 9.59 Å². The predicted octanol–water partition coefficient (Wildman–Crippen LogP) is 1.96.